The zero-order valence-corrected chi connectivity index (χ0v) is 16.8. The molecule has 152 valence electrons. The Morgan fingerprint density at radius 1 is 0.897 bits per heavy atom. The maximum absolute atomic E-state index is 12.6. The molecule has 0 aliphatic heterocycles. The van der Waals surface area contributed by atoms with Gasteiger partial charge in [0.1, 0.15) is 0 Å². The zero-order chi connectivity index (χ0) is 20.6. The van der Waals surface area contributed by atoms with Crippen LogP contribution in [0.2, 0.25) is 5.02 Å². The minimum atomic E-state index is -0.334. The summed E-state index contributed by atoms with van der Waals surface area (Å²) in [6.45, 7) is 0.159. The number of nitrogens with one attached hydrogen (secondary N) is 3. The molecule has 1 aliphatic carbocycles. The fourth-order valence-electron chi connectivity index (χ4n) is 3.37. The van der Waals surface area contributed by atoms with Crippen molar-refractivity contribution in [3.63, 3.8) is 0 Å². The van der Waals surface area contributed by atoms with Crippen molar-refractivity contribution in [2.45, 2.75) is 38.1 Å². The van der Waals surface area contributed by atoms with E-state index in [-0.39, 0.29) is 36.7 Å². The number of halogens is 1. The Balaban J connectivity index is 1.52. The first kappa shape index (κ1) is 20.9. The molecule has 0 radical (unpaired) electrons. The van der Waals surface area contributed by atoms with Crippen LogP contribution in [0.25, 0.3) is 0 Å². The maximum atomic E-state index is 12.6. The molecule has 0 bridgehead atoms. The number of para-hydroxylation sites is 1. The van der Waals surface area contributed by atoms with E-state index in [0.29, 0.717) is 21.8 Å². The second-order valence-electron chi connectivity index (χ2n) is 7.03. The lowest BCUT2D eigenvalue weighted by Crippen LogP contribution is -2.33. The molecule has 0 spiro atoms. The van der Waals surface area contributed by atoms with Crippen LogP contribution in [0, 0.1) is 0 Å². The third kappa shape index (κ3) is 5.81. The molecule has 3 amide bonds. The summed E-state index contributed by atoms with van der Waals surface area (Å²) < 4.78 is 0. The number of hydrogen-bond donors (Lipinski definition) is 3. The highest BCUT2D eigenvalue weighted by Gasteiger charge is 2.20. The molecule has 1 aliphatic rings. The molecule has 0 atom stereocenters. The van der Waals surface area contributed by atoms with E-state index in [2.05, 4.69) is 16.0 Å². The first-order chi connectivity index (χ1) is 14.0. The van der Waals surface area contributed by atoms with Gasteiger partial charge in [0.2, 0.25) is 5.91 Å². The number of anilines is 1. The number of carbonyl (C=O) groups is 3. The van der Waals surface area contributed by atoms with Crippen molar-refractivity contribution in [3.05, 3.63) is 64.7 Å². The summed E-state index contributed by atoms with van der Waals surface area (Å²) in [5.74, 6) is -0.801. The van der Waals surface area contributed by atoms with Gasteiger partial charge in [-0.05, 0) is 37.1 Å². The number of carbonyl (C=O) groups excluding carboxylic acids is 3. The second-order valence-corrected chi connectivity index (χ2v) is 7.44. The van der Waals surface area contributed by atoms with Crippen molar-refractivity contribution < 1.29 is 14.4 Å². The molecule has 1 fully saturated rings. The topological polar surface area (TPSA) is 87.3 Å². The van der Waals surface area contributed by atoms with Gasteiger partial charge in [0.15, 0.2) is 0 Å². The average Bonchev–Trinajstić information content (AvgIpc) is 3.21. The van der Waals surface area contributed by atoms with Gasteiger partial charge < -0.3 is 16.0 Å². The summed E-state index contributed by atoms with van der Waals surface area (Å²) in [6.07, 6.45) is 4.32. The van der Waals surface area contributed by atoms with Crippen LogP contribution in [0.3, 0.4) is 0 Å². The summed E-state index contributed by atoms with van der Waals surface area (Å²) in [5.41, 5.74) is 1.27. The van der Waals surface area contributed by atoms with E-state index in [1.54, 1.807) is 48.5 Å². The predicted octanol–water partition coefficient (Wildman–Crippen LogP) is 3.77. The van der Waals surface area contributed by atoms with E-state index >= 15 is 0 Å². The molecule has 0 saturated heterocycles. The van der Waals surface area contributed by atoms with Crippen molar-refractivity contribution in [2.24, 2.45) is 0 Å². The van der Waals surface area contributed by atoms with Crippen molar-refractivity contribution in [1.82, 2.24) is 10.6 Å². The highest BCUT2D eigenvalue weighted by molar-refractivity contribution is 6.33. The third-order valence-corrected chi connectivity index (χ3v) is 5.22. The lowest BCUT2D eigenvalue weighted by Gasteiger charge is -2.15. The van der Waals surface area contributed by atoms with Crippen LogP contribution in [0.5, 0.6) is 0 Å². The van der Waals surface area contributed by atoms with Crippen LogP contribution < -0.4 is 16.0 Å². The average molecular weight is 414 g/mol. The molecule has 0 heterocycles. The van der Waals surface area contributed by atoms with E-state index in [1.807, 2.05) is 0 Å². The van der Waals surface area contributed by atoms with Gasteiger partial charge in [0.25, 0.3) is 11.8 Å². The predicted molar refractivity (Wildman–Crippen MR) is 113 cm³/mol. The van der Waals surface area contributed by atoms with Gasteiger partial charge in [-0.15, -0.1) is 0 Å². The largest absolute Gasteiger partial charge is 0.351 e. The Kier molecular flexibility index (Phi) is 7.25. The van der Waals surface area contributed by atoms with E-state index in [4.69, 9.17) is 11.6 Å². The lowest BCUT2D eigenvalue weighted by atomic mass is 10.1. The summed E-state index contributed by atoms with van der Waals surface area (Å²) in [4.78, 5) is 37.0. The Morgan fingerprint density at radius 2 is 1.55 bits per heavy atom. The molecule has 29 heavy (non-hydrogen) atoms. The Morgan fingerprint density at radius 3 is 2.28 bits per heavy atom. The van der Waals surface area contributed by atoms with E-state index < -0.39 is 0 Å². The van der Waals surface area contributed by atoms with Crippen LogP contribution in [0.15, 0.2) is 48.5 Å². The van der Waals surface area contributed by atoms with Crippen molar-refractivity contribution >= 4 is 35.0 Å². The SMILES string of the molecule is O=C(CCNC(=O)c1ccccc1Cl)Nc1ccccc1C(=O)NC1CCCC1. The molecule has 6 nitrogen and oxygen atoms in total. The summed E-state index contributed by atoms with van der Waals surface area (Å²) in [6, 6.07) is 13.8. The van der Waals surface area contributed by atoms with Gasteiger partial charge in [-0.3, -0.25) is 14.4 Å². The first-order valence-corrected chi connectivity index (χ1v) is 10.1. The molecule has 0 unspecified atom stereocenters. The fraction of sp³-hybridized carbons (Fsp3) is 0.318. The zero-order valence-electron chi connectivity index (χ0n) is 16.0. The second kappa shape index (κ2) is 10.1. The highest BCUT2D eigenvalue weighted by atomic mass is 35.5. The molecule has 2 aromatic rings. The Labute approximate surface area is 175 Å². The van der Waals surface area contributed by atoms with Gasteiger partial charge in [0, 0.05) is 19.0 Å². The van der Waals surface area contributed by atoms with Crippen LogP contribution >= 0.6 is 11.6 Å². The number of rotatable bonds is 7. The molecule has 2 aromatic carbocycles. The van der Waals surface area contributed by atoms with Crippen LogP contribution in [-0.2, 0) is 4.79 Å². The van der Waals surface area contributed by atoms with Crippen LogP contribution in [0.4, 0.5) is 5.69 Å². The summed E-state index contributed by atoms with van der Waals surface area (Å²) in [5, 5.41) is 8.83. The van der Waals surface area contributed by atoms with Crippen molar-refractivity contribution in [3.8, 4) is 0 Å². The molecular formula is C22H24ClN3O3. The van der Waals surface area contributed by atoms with Gasteiger partial charge in [-0.1, -0.05) is 48.7 Å². The monoisotopic (exact) mass is 413 g/mol. The number of benzene rings is 2. The normalized spacial score (nSPS) is 13.7. The van der Waals surface area contributed by atoms with Crippen molar-refractivity contribution in [2.75, 3.05) is 11.9 Å². The molecule has 0 aromatic heterocycles. The van der Waals surface area contributed by atoms with Crippen molar-refractivity contribution in [1.29, 1.82) is 0 Å². The van der Waals surface area contributed by atoms with Crippen LogP contribution in [0.1, 0.15) is 52.8 Å². The third-order valence-electron chi connectivity index (χ3n) is 4.89. The molecule has 3 N–H and O–H groups in total. The Hall–Kier alpha value is -2.86. The van der Waals surface area contributed by atoms with Gasteiger partial charge in [-0.25, -0.2) is 0 Å². The molecule has 7 heteroatoms. The standard InChI is InChI=1S/C22H24ClN3O3/c23-18-11-5-3-9-16(18)21(28)24-14-13-20(27)26-19-12-6-4-10-17(19)22(29)25-15-7-1-2-8-15/h3-6,9-12,15H,1-2,7-8,13-14H2,(H,24,28)(H,25,29)(H,26,27). The summed E-state index contributed by atoms with van der Waals surface area (Å²) in [7, 11) is 0. The maximum Gasteiger partial charge on any atom is 0.253 e. The van der Waals surface area contributed by atoms with E-state index in [9.17, 15) is 14.4 Å². The minimum absolute atomic E-state index is 0.0781. The van der Waals surface area contributed by atoms with E-state index in [1.165, 1.54) is 0 Å². The smallest absolute Gasteiger partial charge is 0.253 e. The molecule has 3 rings (SSSR count). The highest BCUT2D eigenvalue weighted by Crippen LogP contribution is 2.20. The number of amides is 3. The van der Waals surface area contributed by atoms with Crippen LogP contribution in [-0.4, -0.2) is 30.3 Å². The first-order valence-electron chi connectivity index (χ1n) is 9.77. The summed E-state index contributed by atoms with van der Waals surface area (Å²) >= 11 is 6.00. The van der Waals surface area contributed by atoms with Gasteiger partial charge >= 0.3 is 0 Å². The Bertz CT molecular complexity index is 894. The lowest BCUT2D eigenvalue weighted by molar-refractivity contribution is -0.116. The molecule has 1 saturated carbocycles. The number of hydrogen-bond acceptors (Lipinski definition) is 3. The molecular weight excluding hydrogens is 390 g/mol. The van der Waals surface area contributed by atoms with Gasteiger partial charge in [-0.2, -0.15) is 0 Å². The van der Waals surface area contributed by atoms with E-state index in [0.717, 1.165) is 25.7 Å². The fourth-order valence-corrected chi connectivity index (χ4v) is 3.59. The quantitative estimate of drug-likeness (QED) is 0.645. The minimum Gasteiger partial charge on any atom is -0.351 e. The van der Waals surface area contributed by atoms with Gasteiger partial charge in [0.05, 0.1) is 21.8 Å².